The second-order valence-corrected chi connectivity index (χ2v) is 2.85. The Hall–Kier alpha value is -1.83. The van der Waals surface area contributed by atoms with Crippen LogP contribution in [0.1, 0.15) is 12.6 Å². The Morgan fingerprint density at radius 1 is 1.50 bits per heavy atom. The highest BCUT2D eigenvalue weighted by Gasteiger charge is 1.99. The molecule has 0 aliphatic heterocycles. The number of nitrogens with two attached hydrogens (primary N) is 1. The predicted molar refractivity (Wildman–Crippen MR) is 61.6 cm³/mol. The molecule has 0 amide bonds. The lowest BCUT2D eigenvalue weighted by Crippen LogP contribution is -1.94. The van der Waals surface area contributed by atoms with Crippen molar-refractivity contribution in [2.45, 2.75) is 6.92 Å². The van der Waals surface area contributed by atoms with Crippen LogP contribution in [-0.4, -0.2) is 4.98 Å². The van der Waals surface area contributed by atoms with E-state index < -0.39 is 0 Å². The Labute approximate surface area is 84.5 Å². The van der Waals surface area contributed by atoms with Gasteiger partial charge < -0.3 is 5.73 Å². The minimum absolute atomic E-state index is 0.655. The van der Waals surface area contributed by atoms with Gasteiger partial charge >= 0.3 is 0 Å². The number of rotatable bonds is 3. The first-order chi connectivity index (χ1) is 6.75. The molecular formula is C12H14N2. The van der Waals surface area contributed by atoms with E-state index in [-0.39, 0.29) is 0 Å². The van der Waals surface area contributed by atoms with Crippen molar-refractivity contribution in [1.29, 1.82) is 0 Å². The number of hydrogen-bond donors (Lipinski definition) is 1. The Morgan fingerprint density at radius 2 is 2.29 bits per heavy atom. The molecular weight excluding hydrogens is 172 g/mol. The maximum Gasteiger partial charge on any atom is 0.0925 e. The molecule has 0 aliphatic rings. The van der Waals surface area contributed by atoms with Crippen molar-refractivity contribution in [2.24, 2.45) is 0 Å². The van der Waals surface area contributed by atoms with Crippen molar-refractivity contribution in [1.82, 2.24) is 4.98 Å². The topological polar surface area (TPSA) is 38.9 Å². The van der Waals surface area contributed by atoms with Crippen LogP contribution < -0.4 is 5.73 Å². The zero-order valence-corrected chi connectivity index (χ0v) is 8.27. The van der Waals surface area contributed by atoms with E-state index in [0.29, 0.717) is 5.69 Å². The maximum absolute atomic E-state index is 5.75. The minimum Gasteiger partial charge on any atom is -0.397 e. The molecule has 0 aromatic carbocycles. The molecule has 1 rings (SSSR count). The Morgan fingerprint density at radius 3 is 2.93 bits per heavy atom. The summed E-state index contributed by atoms with van der Waals surface area (Å²) in [6.45, 7) is 5.85. The molecule has 1 aromatic heterocycles. The van der Waals surface area contributed by atoms with E-state index in [1.54, 1.807) is 6.20 Å². The predicted octanol–water partition coefficient (Wildman–Crippen LogP) is 2.81. The number of allylic oxidation sites excluding steroid dienone is 5. The third-order valence-corrected chi connectivity index (χ3v) is 1.74. The average molecular weight is 186 g/mol. The van der Waals surface area contributed by atoms with E-state index in [1.165, 1.54) is 0 Å². The molecule has 2 N–H and O–H groups in total. The number of aromatic nitrogens is 1. The zero-order valence-electron chi connectivity index (χ0n) is 8.27. The highest BCUT2D eigenvalue weighted by atomic mass is 14.7. The lowest BCUT2D eigenvalue weighted by atomic mass is 10.1. The van der Waals surface area contributed by atoms with Gasteiger partial charge in [-0.15, -0.1) is 0 Å². The van der Waals surface area contributed by atoms with Crippen molar-refractivity contribution in [3.05, 3.63) is 54.9 Å². The SMILES string of the molecule is C=C(/C=C\C=C/C)c1ncccc1N. The van der Waals surface area contributed by atoms with Crippen LogP contribution in [-0.2, 0) is 0 Å². The molecule has 0 unspecified atom stereocenters. The van der Waals surface area contributed by atoms with E-state index in [0.717, 1.165) is 11.3 Å². The highest BCUT2D eigenvalue weighted by molar-refractivity contribution is 5.76. The fourth-order valence-electron chi connectivity index (χ4n) is 1.05. The fraction of sp³-hybridized carbons (Fsp3) is 0.0833. The van der Waals surface area contributed by atoms with E-state index in [4.69, 9.17) is 5.73 Å². The number of pyridine rings is 1. The van der Waals surface area contributed by atoms with Crippen molar-refractivity contribution < 1.29 is 0 Å². The summed E-state index contributed by atoms with van der Waals surface area (Å²) in [6.07, 6.45) is 9.39. The molecule has 2 heteroatoms. The standard InChI is InChI=1S/C12H14N2/c1-3-4-5-7-10(2)12-11(13)8-6-9-14-12/h3-9H,2,13H2,1H3/b4-3-,7-5-. The maximum atomic E-state index is 5.75. The van der Waals surface area contributed by atoms with Gasteiger partial charge in [-0.1, -0.05) is 30.9 Å². The third kappa shape index (κ3) is 2.59. The zero-order chi connectivity index (χ0) is 10.4. The highest BCUT2D eigenvalue weighted by Crippen LogP contribution is 2.17. The Bertz CT molecular complexity index is 376. The number of nitrogens with zero attached hydrogens (tertiary/aromatic N) is 1. The van der Waals surface area contributed by atoms with E-state index in [9.17, 15) is 0 Å². The lowest BCUT2D eigenvalue weighted by molar-refractivity contribution is 1.29. The van der Waals surface area contributed by atoms with Crippen molar-refractivity contribution in [3.63, 3.8) is 0 Å². The molecule has 14 heavy (non-hydrogen) atoms. The van der Waals surface area contributed by atoms with Gasteiger partial charge in [-0.3, -0.25) is 4.98 Å². The molecule has 0 fully saturated rings. The molecule has 0 saturated heterocycles. The summed E-state index contributed by atoms with van der Waals surface area (Å²) >= 11 is 0. The van der Waals surface area contributed by atoms with Crippen molar-refractivity contribution in [2.75, 3.05) is 5.73 Å². The summed E-state index contributed by atoms with van der Waals surface area (Å²) in [5.74, 6) is 0. The summed E-state index contributed by atoms with van der Waals surface area (Å²) in [4.78, 5) is 4.16. The normalized spacial score (nSPS) is 11.2. The second kappa shape index (κ2) is 5.02. The Balaban J connectivity index is 2.85. The van der Waals surface area contributed by atoms with Gasteiger partial charge in [0.05, 0.1) is 11.4 Å². The summed E-state index contributed by atoms with van der Waals surface area (Å²) in [5, 5.41) is 0. The summed E-state index contributed by atoms with van der Waals surface area (Å²) in [7, 11) is 0. The van der Waals surface area contributed by atoms with Gasteiger partial charge in [0.15, 0.2) is 0 Å². The smallest absolute Gasteiger partial charge is 0.0925 e. The molecule has 72 valence electrons. The first kappa shape index (κ1) is 10.3. The third-order valence-electron chi connectivity index (χ3n) is 1.74. The van der Waals surface area contributed by atoms with Gasteiger partial charge in [0.2, 0.25) is 0 Å². The quantitative estimate of drug-likeness (QED) is 0.737. The number of hydrogen-bond acceptors (Lipinski definition) is 2. The molecule has 1 aromatic rings. The largest absolute Gasteiger partial charge is 0.397 e. The van der Waals surface area contributed by atoms with E-state index in [1.807, 2.05) is 43.4 Å². The van der Waals surface area contributed by atoms with Crippen LogP contribution in [0.25, 0.3) is 5.57 Å². The summed E-state index contributed by atoms with van der Waals surface area (Å²) in [6, 6.07) is 3.62. The molecule has 1 heterocycles. The molecule has 0 saturated carbocycles. The van der Waals surface area contributed by atoms with Crippen molar-refractivity contribution >= 4 is 11.3 Å². The minimum atomic E-state index is 0.655. The molecule has 2 nitrogen and oxygen atoms in total. The molecule has 0 atom stereocenters. The molecule has 0 aliphatic carbocycles. The number of nitrogen functional groups attached to an aromatic ring is 1. The average Bonchev–Trinajstić information content (AvgIpc) is 2.18. The van der Waals surface area contributed by atoms with E-state index >= 15 is 0 Å². The molecule has 0 radical (unpaired) electrons. The van der Waals surface area contributed by atoms with Crippen LogP contribution in [0.15, 0.2) is 49.2 Å². The van der Waals surface area contributed by atoms with Gasteiger partial charge in [-0.2, -0.15) is 0 Å². The van der Waals surface area contributed by atoms with Crippen LogP contribution in [0.3, 0.4) is 0 Å². The number of anilines is 1. The first-order valence-corrected chi connectivity index (χ1v) is 4.45. The van der Waals surface area contributed by atoms with Gasteiger partial charge in [0, 0.05) is 6.20 Å². The molecule has 0 bridgehead atoms. The van der Waals surface area contributed by atoms with Crippen molar-refractivity contribution in [3.8, 4) is 0 Å². The van der Waals surface area contributed by atoms with Crippen LogP contribution >= 0.6 is 0 Å². The Kier molecular flexibility index (Phi) is 3.68. The van der Waals surface area contributed by atoms with Crippen LogP contribution in [0, 0.1) is 0 Å². The second-order valence-electron chi connectivity index (χ2n) is 2.85. The van der Waals surface area contributed by atoms with E-state index in [2.05, 4.69) is 11.6 Å². The first-order valence-electron chi connectivity index (χ1n) is 4.45. The van der Waals surface area contributed by atoms with Gasteiger partial charge in [0.1, 0.15) is 0 Å². The van der Waals surface area contributed by atoms with Gasteiger partial charge in [0.25, 0.3) is 0 Å². The van der Waals surface area contributed by atoms with Gasteiger partial charge in [-0.05, 0) is 24.6 Å². The lowest BCUT2D eigenvalue weighted by Gasteiger charge is -2.02. The fourth-order valence-corrected chi connectivity index (χ4v) is 1.05. The van der Waals surface area contributed by atoms with Crippen LogP contribution in [0.2, 0.25) is 0 Å². The summed E-state index contributed by atoms with van der Waals surface area (Å²) in [5.41, 5.74) is 7.97. The molecule has 0 spiro atoms. The van der Waals surface area contributed by atoms with Crippen LogP contribution in [0.5, 0.6) is 0 Å². The monoisotopic (exact) mass is 186 g/mol. The van der Waals surface area contributed by atoms with Crippen LogP contribution in [0.4, 0.5) is 5.69 Å². The van der Waals surface area contributed by atoms with Gasteiger partial charge in [-0.25, -0.2) is 0 Å². The summed E-state index contributed by atoms with van der Waals surface area (Å²) < 4.78 is 0.